The molecule has 0 bridgehead atoms. The molecule has 0 spiro atoms. The lowest BCUT2D eigenvalue weighted by Gasteiger charge is -2.07. The van der Waals surface area contributed by atoms with Crippen molar-refractivity contribution >= 4 is 44.6 Å². The number of hydrogen-bond acceptors (Lipinski definition) is 4. The molecule has 0 saturated carbocycles. The first-order valence-corrected chi connectivity index (χ1v) is 9.78. The number of halogens is 2. The summed E-state index contributed by atoms with van der Waals surface area (Å²) in [7, 11) is 0. The van der Waals surface area contributed by atoms with Gasteiger partial charge in [-0.2, -0.15) is 0 Å². The van der Waals surface area contributed by atoms with E-state index in [1.165, 1.54) is 6.20 Å². The van der Waals surface area contributed by atoms with Gasteiger partial charge in [0.05, 0.1) is 21.8 Å². The highest BCUT2D eigenvalue weighted by atomic mass is 79.9. The molecule has 1 aromatic carbocycles. The summed E-state index contributed by atoms with van der Waals surface area (Å²) in [6.07, 6.45) is 3.25. The van der Waals surface area contributed by atoms with Crippen molar-refractivity contribution in [1.82, 2.24) is 25.3 Å². The van der Waals surface area contributed by atoms with Gasteiger partial charge >= 0.3 is 0 Å². The molecular weight excluding hydrogens is 442 g/mol. The lowest BCUT2D eigenvalue weighted by Crippen LogP contribution is -2.22. The highest BCUT2D eigenvalue weighted by Crippen LogP contribution is 2.29. The van der Waals surface area contributed by atoms with E-state index in [2.05, 4.69) is 41.2 Å². The number of H-pyrrole nitrogens is 1. The zero-order chi connectivity index (χ0) is 19.7. The van der Waals surface area contributed by atoms with Gasteiger partial charge in [-0.15, -0.1) is 0 Å². The van der Waals surface area contributed by atoms with E-state index >= 15 is 0 Å². The molecule has 0 aliphatic carbocycles. The molecule has 8 heteroatoms. The number of aromatic nitrogens is 4. The van der Waals surface area contributed by atoms with Gasteiger partial charge in [0.25, 0.3) is 5.91 Å². The minimum atomic E-state index is -0.191. The molecule has 0 unspecified atom stereocenters. The summed E-state index contributed by atoms with van der Waals surface area (Å²) in [6.45, 7) is 2.41. The number of carbonyl (C=O) groups is 1. The smallest absolute Gasteiger partial charge is 0.252 e. The van der Waals surface area contributed by atoms with E-state index in [9.17, 15) is 4.79 Å². The van der Waals surface area contributed by atoms with Crippen LogP contribution in [0.15, 0.2) is 53.3 Å². The van der Waals surface area contributed by atoms with Crippen LogP contribution < -0.4 is 5.32 Å². The Kier molecular flexibility index (Phi) is 5.11. The van der Waals surface area contributed by atoms with E-state index in [0.717, 1.165) is 26.9 Å². The summed E-state index contributed by atoms with van der Waals surface area (Å²) in [4.78, 5) is 28.4. The first-order chi connectivity index (χ1) is 13.5. The molecule has 3 heterocycles. The van der Waals surface area contributed by atoms with Crippen LogP contribution in [0.4, 0.5) is 0 Å². The number of nitrogens with zero attached hydrogens (tertiary/aromatic N) is 3. The fraction of sp³-hybridized carbons (Fsp3) is 0.100. The van der Waals surface area contributed by atoms with Gasteiger partial charge in [-0.25, -0.2) is 9.97 Å². The minimum Gasteiger partial charge on any atom is -0.352 e. The molecule has 3 aromatic heterocycles. The van der Waals surface area contributed by atoms with Crippen molar-refractivity contribution in [3.8, 4) is 22.6 Å². The predicted molar refractivity (Wildman–Crippen MR) is 113 cm³/mol. The van der Waals surface area contributed by atoms with Gasteiger partial charge in [0, 0.05) is 34.5 Å². The third kappa shape index (κ3) is 3.63. The molecule has 0 fully saturated rings. The van der Waals surface area contributed by atoms with Gasteiger partial charge in [-0.3, -0.25) is 9.78 Å². The summed E-state index contributed by atoms with van der Waals surface area (Å²) in [5.74, 6) is 0.543. The summed E-state index contributed by atoms with van der Waals surface area (Å²) >= 11 is 9.77. The highest BCUT2D eigenvalue weighted by Gasteiger charge is 2.12. The van der Waals surface area contributed by atoms with E-state index in [4.69, 9.17) is 11.6 Å². The standard InChI is InChI=1S/C20H15BrClN5O/c1-2-23-20(28)13-7-15(22)17(24-9-13)11-3-5-12(6-4-11)18-26-16-8-14(21)10-25-19(16)27-18/h3-10H,2H2,1H3,(H,23,28)(H,25,26,27). The fourth-order valence-electron chi connectivity index (χ4n) is 2.83. The highest BCUT2D eigenvalue weighted by molar-refractivity contribution is 9.10. The van der Waals surface area contributed by atoms with Gasteiger partial charge in [0.15, 0.2) is 5.65 Å². The molecule has 0 atom stereocenters. The maximum absolute atomic E-state index is 11.9. The quantitative estimate of drug-likeness (QED) is 0.460. The Balaban J connectivity index is 1.63. The molecule has 6 nitrogen and oxygen atoms in total. The van der Waals surface area contributed by atoms with Crippen LogP contribution >= 0.6 is 27.5 Å². The number of amides is 1. The van der Waals surface area contributed by atoms with Crippen molar-refractivity contribution in [3.63, 3.8) is 0 Å². The second kappa shape index (κ2) is 7.69. The first-order valence-electron chi connectivity index (χ1n) is 8.61. The second-order valence-electron chi connectivity index (χ2n) is 6.10. The van der Waals surface area contributed by atoms with Crippen molar-refractivity contribution < 1.29 is 4.79 Å². The van der Waals surface area contributed by atoms with Crippen LogP contribution in [0, 0.1) is 0 Å². The largest absolute Gasteiger partial charge is 0.352 e. The van der Waals surface area contributed by atoms with Gasteiger partial charge in [-0.05, 0) is 35.0 Å². The van der Waals surface area contributed by atoms with Crippen LogP contribution in [0.25, 0.3) is 33.8 Å². The third-order valence-corrected chi connectivity index (χ3v) is 4.90. The molecule has 140 valence electrons. The Morgan fingerprint density at radius 1 is 1.14 bits per heavy atom. The van der Waals surface area contributed by atoms with Gasteiger partial charge < -0.3 is 10.3 Å². The van der Waals surface area contributed by atoms with Crippen molar-refractivity contribution in [3.05, 3.63) is 63.9 Å². The van der Waals surface area contributed by atoms with Crippen molar-refractivity contribution in [1.29, 1.82) is 0 Å². The summed E-state index contributed by atoms with van der Waals surface area (Å²) in [5.41, 5.74) is 4.36. The first kappa shape index (κ1) is 18.6. The lowest BCUT2D eigenvalue weighted by atomic mass is 10.1. The zero-order valence-electron chi connectivity index (χ0n) is 14.8. The Bertz CT molecular complexity index is 1170. The monoisotopic (exact) mass is 455 g/mol. The molecular formula is C20H15BrClN5O. The van der Waals surface area contributed by atoms with Crippen molar-refractivity contribution in [2.75, 3.05) is 6.54 Å². The number of carbonyl (C=O) groups excluding carboxylic acids is 1. The summed E-state index contributed by atoms with van der Waals surface area (Å²) in [5, 5.41) is 3.16. The minimum absolute atomic E-state index is 0.191. The SMILES string of the molecule is CCNC(=O)c1cnc(-c2ccc(-c3nc4ncc(Br)cc4[nH]3)cc2)c(Cl)c1. The Morgan fingerprint density at radius 3 is 2.61 bits per heavy atom. The molecule has 0 radical (unpaired) electrons. The van der Waals surface area contributed by atoms with Crippen LogP contribution in [-0.2, 0) is 0 Å². The van der Waals surface area contributed by atoms with Gasteiger partial charge in [-0.1, -0.05) is 35.9 Å². The molecule has 0 aliphatic rings. The summed E-state index contributed by atoms with van der Waals surface area (Å²) in [6, 6.07) is 11.3. The molecule has 4 aromatic rings. The Hall–Kier alpha value is -2.77. The average Bonchev–Trinajstić information content (AvgIpc) is 3.11. The number of benzene rings is 1. The van der Waals surface area contributed by atoms with Gasteiger partial charge in [0.2, 0.25) is 0 Å². The van der Waals surface area contributed by atoms with E-state index < -0.39 is 0 Å². The predicted octanol–water partition coefficient (Wildman–Crippen LogP) is 4.85. The normalized spacial score (nSPS) is 11.0. The van der Waals surface area contributed by atoms with E-state index in [1.54, 1.807) is 12.3 Å². The van der Waals surface area contributed by atoms with Crippen LogP contribution in [0.1, 0.15) is 17.3 Å². The molecule has 0 aliphatic heterocycles. The number of nitrogens with one attached hydrogen (secondary N) is 2. The zero-order valence-corrected chi connectivity index (χ0v) is 17.2. The number of imidazole rings is 1. The molecule has 0 saturated heterocycles. The molecule has 4 rings (SSSR count). The number of hydrogen-bond donors (Lipinski definition) is 2. The third-order valence-electron chi connectivity index (χ3n) is 4.18. The fourth-order valence-corrected chi connectivity index (χ4v) is 3.44. The van der Waals surface area contributed by atoms with Crippen LogP contribution in [0.2, 0.25) is 5.02 Å². The molecule has 2 N–H and O–H groups in total. The summed E-state index contributed by atoms with van der Waals surface area (Å²) < 4.78 is 0.891. The average molecular weight is 457 g/mol. The topological polar surface area (TPSA) is 83.6 Å². The Morgan fingerprint density at radius 2 is 1.89 bits per heavy atom. The van der Waals surface area contributed by atoms with Gasteiger partial charge in [0.1, 0.15) is 5.82 Å². The van der Waals surface area contributed by atoms with Crippen LogP contribution in [0.3, 0.4) is 0 Å². The number of fused-ring (bicyclic) bond motifs is 1. The Labute approximate surface area is 174 Å². The van der Waals surface area contributed by atoms with E-state index in [0.29, 0.717) is 28.5 Å². The number of aromatic amines is 1. The molecule has 1 amide bonds. The van der Waals surface area contributed by atoms with Crippen LogP contribution in [-0.4, -0.2) is 32.4 Å². The van der Waals surface area contributed by atoms with E-state index in [1.807, 2.05) is 37.3 Å². The van der Waals surface area contributed by atoms with Crippen molar-refractivity contribution in [2.24, 2.45) is 0 Å². The second-order valence-corrected chi connectivity index (χ2v) is 7.42. The molecule has 28 heavy (non-hydrogen) atoms. The maximum atomic E-state index is 11.9. The lowest BCUT2D eigenvalue weighted by molar-refractivity contribution is 0.0955. The van der Waals surface area contributed by atoms with Crippen molar-refractivity contribution in [2.45, 2.75) is 6.92 Å². The maximum Gasteiger partial charge on any atom is 0.252 e. The number of rotatable bonds is 4. The van der Waals surface area contributed by atoms with E-state index in [-0.39, 0.29) is 5.91 Å². The number of pyridine rings is 2. The van der Waals surface area contributed by atoms with Crippen LogP contribution in [0.5, 0.6) is 0 Å².